The summed E-state index contributed by atoms with van der Waals surface area (Å²) in [5.74, 6) is -1.11. The van der Waals surface area contributed by atoms with Crippen molar-refractivity contribution in [3.8, 4) is 0 Å². The molecule has 1 fully saturated rings. The smallest absolute Gasteiger partial charge is 0.264 e. The molecule has 0 radical (unpaired) electrons. The molecule has 172 valence electrons. The molecule has 0 bridgehead atoms. The molecular weight excluding hydrogens is 441 g/mol. The number of hydrogen-bond donors (Lipinski definition) is 1. The van der Waals surface area contributed by atoms with Crippen LogP contribution in [-0.2, 0) is 10.0 Å². The van der Waals surface area contributed by atoms with E-state index in [1.807, 2.05) is 24.0 Å². The van der Waals surface area contributed by atoms with E-state index in [4.69, 9.17) is 0 Å². The van der Waals surface area contributed by atoms with E-state index in [-0.39, 0.29) is 16.1 Å². The second kappa shape index (κ2) is 9.23. The van der Waals surface area contributed by atoms with E-state index in [1.54, 1.807) is 24.3 Å². The van der Waals surface area contributed by atoms with Crippen LogP contribution in [0.2, 0.25) is 0 Å². The van der Waals surface area contributed by atoms with Crippen molar-refractivity contribution in [1.82, 2.24) is 0 Å². The molecule has 33 heavy (non-hydrogen) atoms. The standard InChI is InChI=1S/C25H26FN3O3S/c1-18-11-13-20(14-12-18)28(2)33(31,32)21-8-5-7-19(17-21)25(30)27-24-22(26)9-6-10-23(24)29-15-3-4-16-29/h5-14,17H,3-4,15-16H2,1-2H3,(H,27,30). The highest BCUT2D eigenvalue weighted by Gasteiger charge is 2.24. The molecule has 0 atom stereocenters. The first-order valence-corrected chi connectivity index (χ1v) is 12.2. The van der Waals surface area contributed by atoms with Gasteiger partial charge >= 0.3 is 0 Å². The van der Waals surface area contributed by atoms with Crippen molar-refractivity contribution in [2.75, 3.05) is 34.7 Å². The third-order valence-electron chi connectivity index (χ3n) is 5.83. The van der Waals surface area contributed by atoms with Gasteiger partial charge in [-0.1, -0.05) is 29.8 Å². The number of carbonyl (C=O) groups is 1. The number of hydrogen-bond acceptors (Lipinski definition) is 4. The maximum atomic E-state index is 14.6. The fourth-order valence-corrected chi connectivity index (χ4v) is 5.14. The monoisotopic (exact) mass is 467 g/mol. The summed E-state index contributed by atoms with van der Waals surface area (Å²) in [5, 5.41) is 2.65. The zero-order valence-electron chi connectivity index (χ0n) is 18.6. The lowest BCUT2D eigenvalue weighted by Crippen LogP contribution is -2.27. The molecule has 1 N–H and O–H groups in total. The number of benzene rings is 3. The van der Waals surface area contributed by atoms with Crippen molar-refractivity contribution in [2.24, 2.45) is 0 Å². The van der Waals surface area contributed by atoms with Crippen LogP contribution in [0.5, 0.6) is 0 Å². The van der Waals surface area contributed by atoms with Gasteiger partial charge in [-0.25, -0.2) is 12.8 Å². The summed E-state index contributed by atoms with van der Waals surface area (Å²) in [4.78, 5) is 15.0. The van der Waals surface area contributed by atoms with Crippen LogP contribution in [0.4, 0.5) is 21.5 Å². The lowest BCUT2D eigenvalue weighted by atomic mass is 10.2. The molecule has 1 heterocycles. The average Bonchev–Trinajstić information content (AvgIpc) is 3.35. The minimum atomic E-state index is -3.89. The first kappa shape index (κ1) is 22.8. The molecule has 1 amide bonds. The Balaban J connectivity index is 1.61. The zero-order valence-corrected chi connectivity index (χ0v) is 19.4. The van der Waals surface area contributed by atoms with E-state index in [2.05, 4.69) is 5.32 Å². The number of anilines is 3. The van der Waals surface area contributed by atoms with Crippen LogP contribution in [0.3, 0.4) is 0 Å². The number of sulfonamides is 1. The van der Waals surface area contributed by atoms with Crippen LogP contribution in [0.1, 0.15) is 28.8 Å². The number of aryl methyl sites for hydroxylation is 1. The number of carbonyl (C=O) groups excluding carboxylic acids is 1. The molecule has 0 saturated carbocycles. The van der Waals surface area contributed by atoms with Gasteiger partial charge < -0.3 is 10.2 Å². The lowest BCUT2D eigenvalue weighted by Gasteiger charge is -2.22. The highest BCUT2D eigenvalue weighted by atomic mass is 32.2. The summed E-state index contributed by atoms with van der Waals surface area (Å²) < 4.78 is 42.1. The van der Waals surface area contributed by atoms with Gasteiger partial charge in [-0.2, -0.15) is 0 Å². The van der Waals surface area contributed by atoms with E-state index >= 15 is 0 Å². The summed E-state index contributed by atoms with van der Waals surface area (Å²) in [6.07, 6.45) is 2.02. The van der Waals surface area contributed by atoms with Crippen molar-refractivity contribution in [3.63, 3.8) is 0 Å². The normalized spacial score (nSPS) is 13.7. The molecule has 3 aromatic carbocycles. The van der Waals surface area contributed by atoms with Crippen molar-refractivity contribution < 1.29 is 17.6 Å². The second-order valence-electron chi connectivity index (χ2n) is 8.12. The highest BCUT2D eigenvalue weighted by Crippen LogP contribution is 2.32. The number of rotatable bonds is 6. The predicted octanol–water partition coefficient (Wildman–Crippen LogP) is 4.81. The van der Waals surface area contributed by atoms with Gasteiger partial charge in [0.1, 0.15) is 11.5 Å². The largest absolute Gasteiger partial charge is 0.370 e. The highest BCUT2D eigenvalue weighted by molar-refractivity contribution is 7.92. The minimum absolute atomic E-state index is 0.0217. The van der Waals surface area contributed by atoms with Gasteiger partial charge in [0.25, 0.3) is 15.9 Å². The van der Waals surface area contributed by atoms with E-state index < -0.39 is 21.7 Å². The van der Waals surface area contributed by atoms with Gasteiger partial charge in [0.05, 0.1) is 16.3 Å². The molecule has 0 unspecified atom stereocenters. The third-order valence-corrected chi connectivity index (χ3v) is 7.61. The lowest BCUT2D eigenvalue weighted by molar-refractivity contribution is 0.102. The molecule has 6 nitrogen and oxygen atoms in total. The van der Waals surface area contributed by atoms with Gasteiger partial charge in [-0.05, 0) is 62.2 Å². The Bertz CT molecular complexity index is 1270. The molecule has 0 spiro atoms. The van der Waals surface area contributed by atoms with E-state index in [1.165, 1.54) is 41.7 Å². The molecule has 1 aliphatic rings. The Morgan fingerprint density at radius 3 is 2.36 bits per heavy atom. The van der Waals surface area contributed by atoms with Crippen molar-refractivity contribution in [2.45, 2.75) is 24.7 Å². The zero-order chi connectivity index (χ0) is 23.6. The maximum Gasteiger partial charge on any atom is 0.264 e. The third kappa shape index (κ3) is 4.71. The van der Waals surface area contributed by atoms with Crippen molar-refractivity contribution in [1.29, 1.82) is 0 Å². The molecule has 8 heteroatoms. The Hall–Kier alpha value is -3.39. The second-order valence-corrected chi connectivity index (χ2v) is 10.1. The van der Waals surface area contributed by atoms with Crippen molar-refractivity contribution in [3.05, 3.63) is 83.7 Å². The molecule has 3 aromatic rings. The SMILES string of the molecule is Cc1ccc(N(C)S(=O)(=O)c2cccc(C(=O)Nc3c(F)cccc3N3CCCC3)c2)cc1. The Morgan fingerprint density at radius 2 is 1.67 bits per heavy atom. The van der Waals surface area contributed by atoms with Crippen LogP contribution in [0.25, 0.3) is 0 Å². The Labute approximate surface area is 193 Å². The summed E-state index contributed by atoms with van der Waals surface area (Å²) in [7, 11) is -2.43. The fraction of sp³-hybridized carbons (Fsp3) is 0.240. The molecular formula is C25H26FN3O3S. The van der Waals surface area contributed by atoms with Crippen LogP contribution >= 0.6 is 0 Å². The van der Waals surface area contributed by atoms with E-state index in [0.29, 0.717) is 11.4 Å². The minimum Gasteiger partial charge on any atom is -0.370 e. The summed E-state index contributed by atoms with van der Waals surface area (Å²) >= 11 is 0. The molecule has 1 saturated heterocycles. The summed E-state index contributed by atoms with van der Waals surface area (Å²) in [6, 6.07) is 17.6. The Kier molecular flexibility index (Phi) is 6.37. The van der Waals surface area contributed by atoms with E-state index in [9.17, 15) is 17.6 Å². The van der Waals surface area contributed by atoms with Gasteiger partial charge in [0.15, 0.2) is 0 Å². The fourth-order valence-electron chi connectivity index (χ4n) is 3.89. The van der Waals surface area contributed by atoms with Crippen LogP contribution in [0.15, 0.2) is 71.6 Å². The number of nitrogens with zero attached hydrogens (tertiary/aromatic N) is 2. The Morgan fingerprint density at radius 1 is 1.00 bits per heavy atom. The van der Waals surface area contributed by atoms with Crippen LogP contribution in [-0.4, -0.2) is 34.5 Å². The number of para-hydroxylation sites is 1. The van der Waals surface area contributed by atoms with Crippen LogP contribution < -0.4 is 14.5 Å². The van der Waals surface area contributed by atoms with Gasteiger partial charge in [0, 0.05) is 25.7 Å². The van der Waals surface area contributed by atoms with Gasteiger partial charge in [-0.15, -0.1) is 0 Å². The van der Waals surface area contributed by atoms with Gasteiger partial charge in [0.2, 0.25) is 0 Å². The molecule has 0 aromatic heterocycles. The van der Waals surface area contributed by atoms with Gasteiger partial charge in [-0.3, -0.25) is 9.10 Å². The maximum absolute atomic E-state index is 14.6. The van der Waals surface area contributed by atoms with Crippen LogP contribution in [0, 0.1) is 12.7 Å². The summed E-state index contributed by atoms with van der Waals surface area (Å²) in [5.41, 5.74) is 2.39. The summed E-state index contributed by atoms with van der Waals surface area (Å²) in [6.45, 7) is 3.52. The molecule has 1 aliphatic heterocycles. The van der Waals surface area contributed by atoms with E-state index in [0.717, 1.165) is 31.5 Å². The first-order chi connectivity index (χ1) is 15.8. The number of amides is 1. The number of halogens is 1. The van der Waals surface area contributed by atoms with Crippen molar-refractivity contribution >= 4 is 33.0 Å². The predicted molar refractivity (Wildman–Crippen MR) is 129 cm³/mol. The quantitative estimate of drug-likeness (QED) is 0.565. The number of nitrogens with one attached hydrogen (secondary N) is 1. The first-order valence-electron chi connectivity index (χ1n) is 10.8. The average molecular weight is 468 g/mol. The topological polar surface area (TPSA) is 69.7 Å². The molecule has 0 aliphatic carbocycles. The molecule has 4 rings (SSSR count).